The fourth-order valence-corrected chi connectivity index (χ4v) is 5.42. The van der Waals surface area contributed by atoms with E-state index in [0.717, 1.165) is 28.1 Å². The Hall–Kier alpha value is -3.72. The third-order valence-corrected chi connectivity index (χ3v) is 7.68. The largest absolute Gasteiger partial charge is 0.394 e. The number of benzene rings is 3. The van der Waals surface area contributed by atoms with Gasteiger partial charge in [0.05, 0.1) is 42.1 Å². The lowest BCUT2D eigenvalue weighted by molar-refractivity contribution is -0.385. The molecule has 1 atom stereocenters. The van der Waals surface area contributed by atoms with Crippen LogP contribution in [0, 0.1) is 17.0 Å². The van der Waals surface area contributed by atoms with Crippen LogP contribution in [-0.2, 0) is 24.3 Å². The van der Waals surface area contributed by atoms with Crippen molar-refractivity contribution in [3.8, 4) is 0 Å². The molecule has 2 heterocycles. The number of nitro benzene ring substituents is 1. The molecule has 5 rings (SSSR count). The molecule has 0 bridgehead atoms. The molecule has 200 valence electrons. The minimum atomic E-state index is -0.611. The number of aryl methyl sites for hydroxylation is 1. The summed E-state index contributed by atoms with van der Waals surface area (Å²) in [6.45, 7) is 2.24. The highest BCUT2D eigenvalue weighted by Gasteiger charge is 2.36. The van der Waals surface area contributed by atoms with Crippen molar-refractivity contribution in [1.82, 2.24) is 14.5 Å². The molecule has 1 aliphatic heterocycles. The number of carbonyl (C=O) groups excluding carboxylic acids is 1. The number of aliphatic hydroxyl groups excluding tert-OH is 1. The fourth-order valence-electron chi connectivity index (χ4n) is 5.17. The van der Waals surface area contributed by atoms with E-state index < -0.39 is 16.9 Å². The molecule has 1 aromatic heterocycles. The number of halogens is 2. The van der Waals surface area contributed by atoms with Gasteiger partial charge in [-0.05, 0) is 53.9 Å². The third-order valence-electron chi connectivity index (χ3n) is 7.18. The molecular weight excluding hydrogens is 539 g/mol. The van der Waals surface area contributed by atoms with Crippen LogP contribution in [0.5, 0.6) is 0 Å². The molecule has 0 radical (unpaired) electrons. The molecule has 1 N–H and O–H groups in total. The Labute approximate surface area is 235 Å². The fraction of sp³-hybridized carbons (Fsp3) is 0.241. The molecule has 8 nitrogen and oxygen atoms in total. The Bertz CT molecular complexity index is 1470. The summed E-state index contributed by atoms with van der Waals surface area (Å²) in [5, 5.41) is 22.7. The Balaban J connectivity index is 1.44. The van der Waals surface area contributed by atoms with Crippen LogP contribution < -0.4 is 0 Å². The average molecular weight is 565 g/mol. The predicted octanol–water partition coefficient (Wildman–Crippen LogP) is 5.53. The lowest BCUT2D eigenvalue weighted by Gasteiger charge is -2.37. The van der Waals surface area contributed by atoms with Gasteiger partial charge in [0.25, 0.3) is 5.69 Å². The smallest absolute Gasteiger partial charge is 0.272 e. The molecule has 1 aliphatic rings. The van der Waals surface area contributed by atoms with E-state index in [4.69, 9.17) is 23.2 Å². The number of hydrogen-bond acceptors (Lipinski definition) is 5. The maximum atomic E-state index is 14.1. The number of amides is 1. The first-order valence-electron chi connectivity index (χ1n) is 12.4. The lowest BCUT2D eigenvalue weighted by atomic mass is 9.88. The quantitative estimate of drug-likeness (QED) is 0.235. The number of fused-ring (bicyclic) bond motifs is 1. The van der Waals surface area contributed by atoms with Crippen molar-refractivity contribution in [3.63, 3.8) is 0 Å². The molecule has 1 unspecified atom stereocenters. The van der Waals surface area contributed by atoms with Crippen LogP contribution >= 0.6 is 23.2 Å². The number of aromatic nitrogens is 2. The topological polar surface area (TPSA) is 102 Å². The van der Waals surface area contributed by atoms with E-state index in [9.17, 15) is 20.0 Å². The van der Waals surface area contributed by atoms with Crippen molar-refractivity contribution >= 4 is 34.8 Å². The van der Waals surface area contributed by atoms with E-state index in [1.807, 2.05) is 28.8 Å². The summed E-state index contributed by atoms with van der Waals surface area (Å²) in [6.07, 6.45) is 2.15. The third kappa shape index (κ3) is 5.54. The van der Waals surface area contributed by atoms with Gasteiger partial charge in [-0.25, -0.2) is 4.98 Å². The van der Waals surface area contributed by atoms with Crippen LogP contribution in [0.25, 0.3) is 0 Å². The van der Waals surface area contributed by atoms with E-state index in [1.165, 1.54) is 6.07 Å². The maximum absolute atomic E-state index is 14.1. The van der Waals surface area contributed by atoms with E-state index >= 15 is 0 Å². The number of hydrogen-bond donors (Lipinski definition) is 1. The first kappa shape index (κ1) is 26.9. The van der Waals surface area contributed by atoms with E-state index in [0.29, 0.717) is 28.6 Å². The Morgan fingerprint density at radius 1 is 1.08 bits per heavy atom. The summed E-state index contributed by atoms with van der Waals surface area (Å²) in [7, 11) is 0. The van der Waals surface area contributed by atoms with Crippen molar-refractivity contribution in [2.45, 2.75) is 38.4 Å². The van der Waals surface area contributed by atoms with Crippen molar-refractivity contribution in [2.75, 3.05) is 6.61 Å². The van der Waals surface area contributed by atoms with E-state index in [-0.39, 0.29) is 24.7 Å². The summed E-state index contributed by atoms with van der Waals surface area (Å²) in [6, 6.07) is 19.0. The monoisotopic (exact) mass is 564 g/mol. The molecule has 39 heavy (non-hydrogen) atoms. The molecule has 4 aromatic rings. The summed E-state index contributed by atoms with van der Waals surface area (Å²) in [4.78, 5) is 31.2. The number of rotatable bonds is 7. The van der Waals surface area contributed by atoms with Gasteiger partial charge in [-0.2, -0.15) is 0 Å². The second-order valence-corrected chi connectivity index (χ2v) is 10.6. The zero-order chi connectivity index (χ0) is 27.7. The van der Waals surface area contributed by atoms with Crippen LogP contribution in [0.4, 0.5) is 5.69 Å². The minimum Gasteiger partial charge on any atom is -0.394 e. The van der Waals surface area contributed by atoms with Crippen LogP contribution in [0.15, 0.2) is 73.1 Å². The normalized spacial score (nSPS) is 14.9. The van der Waals surface area contributed by atoms with E-state index in [1.54, 1.807) is 54.5 Å². The molecule has 1 amide bonds. The van der Waals surface area contributed by atoms with E-state index in [2.05, 4.69) is 4.98 Å². The summed E-state index contributed by atoms with van der Waals surface area (Å²) in [5.74, 6) is -0.759. The molecule has 0 saturated heterocycles. The highest BCUT2D eigenvalue weighted by Crippen LogP contribution is 2.33. The zero-order valence-electron chi connectivity index (χ0n) is 21.1. The number of aliphatic hydroxyl groups is 1. The Morgan fingerprint density at radius 2 is 1.69 bits per heavy atom. The molecule has 0 spiro atoms. The zero-order valence-corrected chi connectivity index (χ0v) is 22.6. The summed E-state index contributed by atoms with van der Waals surface area (Å²) >= 11 is 12.2. The first-order chi connectivity index (χ1) is 18.7. The molecule has 0 saturated carbocycles. The van der Waals surface area contributed by atoms with Gasteiger partial charge in [-0.1, -0.05) is 53.5 Å². The summed E-state index contributed by atoms with van der Waals surface area (Å²) < 4.78 is 1.98. The standard InChI is InChI=1S/C29H26Cl2N4O4/c1-18-12-19(2-11-26(18)35(38)39)14-33-17-32-25-15-34(24(16-36)13-27(25)33)29(37)28(20-3-7-22(30)8-4-20)21-5-9-23(31)10-6-21/h2-12,17,24,28,36H,13-16H2,1H3. The van der Waals surface area contributed by atoms with Gasteiger partial charge in [0, 0.05) is 40.3 Å². The van der Waals surface area contributed by atoms with Crippen LogP contribution in [0.1, 0.15) is 39.6 Å². The molecule has 10 heteroatoms. The number of nitro groups is 1. The minimum absolute atomic E-state index is 0.0804. The number of carbonyl (C=O) groups is 1. The number of imidazole rings is 1. The molecule has 0 aliphatic carbocycles. The molecular formula is C29H26Cl2N4O4. The maximum Gasteiger partial charge on any atom is 0.272 e. The molecule has 0 fully saturated rings. The van der Waals surface area contributed by atoms with Gasteiger partial charge in [0.1, 0.15) is 0 Å². The first-order valence-corrected chi connectivity index (χ1v) is 13.2. The number of nitrogens with zero attached hydrogens (tertiary/aromatic N) is 4. The van der Waals surface area contributed by atoms with Crippen molar-refractivity contribution in [2.24, 2.45) is 0 Å². The SMILES string of the molecule is Cc1cc(Cn2cnc3c2CC(CO)N(C(=O)C(c2ccc(Cl)cc2)c2ccc(Cl)cc2)C3)ccc1[N+](=O)[O-]. The van der Waals surface area contributed by atoms with Crippen LogP contribution in [-0.4, -0.2) is 43.0 Å². The molecule has 3 aromatic carbocycles. The van der Waals surface area contributed by atoms with Gasteiger partial charge in [-0.15, -0.1) is 0 Å². The average Bonchev–Trinajstić information content (AvgIpc) is 3.31. The van der Waals surface area contributed by atoms with Crippen molar-refractivity contribution < 1.29 is 14.8 Å². The summed E-state index contributed by atoms with van der Waals surface area (Å²) in [5.41, 5.74) is 4.84. The van der Waals surface area contributed by atoms with Gasteiger partial charge in [0.2, 0.25) is 5.91 Å². The Kier molecular flexibility index (Phi) is 7.70. The Morgan fingerprint density at radius 3 is 2.23 bits per heavy atom. The van der Waals surface area contributed by atoms with Gasteiger partial charge < -0.3 is 14.6 Å². The van der Waals surface area contributed by atoms with Gasteiger partial charge >= 0.3 is 0 Å². The van der Waals surface area contributed by atoms with Crippen molar-refractivity contribution in [3.05, 3.63) is 127 Å². The van der Waals surface area contributed by atoms with Gasteiger partial charge in [-0.3, -0.25) is 14.9 Å². The lowest BCUT2D eigenvalue weighted by Crippen LogP contribution is -2.48. The highest BCUT2D eigenvalue weighted by molar-refractivity contribution is 6.30. The highest BCUT2D eigenvalue weighted by atomic mass is 35.5. The van der Waals surface area contributed by atoms with Gasteiger partial charge in [0.15, 0.2) is 0 Å². The predicted molar refractivity (Wildman–Crippen MR) is 149 cm³/mol. The van der Waals surface area contributed by atoms with Crippen LogP contribution in [0.3, 0.4) is 0 Å². The second-order valence-electron chi connectivity index (χ2n) is 9.69. The second kappa shape index (κ2) is 11.2. The van der Waals surface area contributed by atoms with Crippen molar-refractivity contribution in [1.29, 1.82) is 0 Å². The van der Waals surface area contributed by atoms with Crippen LogP contribution in [0.2, 0.25) is 10.0 Å².